The summed E-state index contributed by atoms with van der Waals surface area (Å²) in [5.41, 5.74) is 5.44. The molecule has 0 bridgehead atoms. The second kappa shape index (κ2) is 9.03. The van der Waals surface area contributed by atoms with Crippen molar-refractivity contribution in [3.05, 3.63) is 71.2 Å². The molecule has 2 aromatic heterocycles. The van der Waals surface area contributed by atoms with Crippen LogP contribution in [0.2, 0.25) is 0 Å². The van der Waals surface area contributed by atoms with Gasteiger partial charge in [0.15, 0.2) is 5.89 Å². The number of aromatic nitrogens is 3. The molecule has 0 aliphatic carbocycles. The molecule has 128 valence electrons. The van der Waals surface area contributed by atoms with Gasteiger partial charge >= 0.3 is 0 Å². The van der Waals surface area contributed by atoms with E-state index in [0.29, 0.717) is 0 Å². The zero-order valence-corrected chi connectivity index (χ0v) is 14.9. The van der Waals surface area contributed by atoms with Crippen molar-refractivity contribution < 1.29 is 4.42 Å². The average molecular weight is 326 g/mol. The van der Waals surface area contributed by atoms with E-state index in [1.807, 2.05) is 26.2 Å². The largest absolute Gasteiger partial charge is 0.449 e. The summed E-state index contributed by atoms with van der Waals surface area (Å²) < 4.78 is 6.51. The van der Waals surface area contributed by atoms with Gasteiger partial charge in [-0.05, 0) is 44.0 Å². The van der Waals surface area contributed by atoms with E-state index in [0.717, 1.165) is 24.7 Å². The molecule has 0 radical (unpaired) electrons. The minimum atomic E-state index is 0.718. The highest BCUT2D eigenvalue weighted by Crippen LogP contribution is 2.14. The number of fused-ring (bicyclic) bond motifs is 1. The highest BCUT2D eigenvalue weighted by atomic mass is 16.3. The number of oxazole rings is 1. The Morgan fingerprint density at radius 2 is 1.96 bits per heavy atom. The van der Waals surface area contributed by atoms with Crippen molar-refractivity contribution in [1.82, 2.24) is 20.1 Å². The molecule has 0 saturated carbocycles. The molecule has 0 unspecified atom stereocenters. The lowest BCUT2D eigenvalue weighted by Crippen LogP contribution is -2.23. The van der Waals surface area contributed by atoms with Crippen LogP contribution in [-0.2, 0) is 20.0 Å². The first-order valence-electron chi connectivity index (χ1n) is 8.16. The maximum atomic E-state index is 4.72. The number of nitrogens with zero attached hydrogens (tertiary/aromatic N) is 3. The topological polar surface area (TPSA) is 55.9 Å². The minimum Gasteiger partial charge on any atom is -0.449 e. The fraction of sp³-hybridized carbons (Fsp3) is 0.368. The van der Waals surface area contributed by atoms with E-state index in [2.05, 4.69) is 40.5 Å². The molecular formula is C19H26N4O. The molecule has 0 amide bonds. The second-order valence-corrected chi connectivity index (χ2v) is 5.88. The van der Waals surface area contributed by atoms with Gasteiger partial charge < -0.3 is 9.73 Å². The first-order valence-corrected chi connectivity index (χ1v) is 8.16. The summed E-state index contributed by atoms with van der Waals surface area (Å²) in [6, 6.07) is 8.71. The third-order valence-electron chi connectivity index (χ3n) is 3.65. The van der Waals surface area contributed by atoms with Crippen LogP contribution >= 0.6 is 0 Å². The van der Waals surface area contributed by atoms with Gasteiger partial charge in [-0.2, -0.15) is 5.10 Å². The Morgan fingerprint density at radius 1 is 1.12 bits per heavy atom. The lowest BCUT2D eigenvalue weighted by Gasteiger charge is -2.16. The van der Waals surface area contributed by atoms with Crippen molar-refractivity contribution in [3.8, 4) is 0 Å². The molecule has 3 heterocycles. The van der Waals surface area contributed by atoms with Crippen LogP contribution in [0.4, 0.5) is 0 Å². The Hall–Kier alpha value is -2.40. The van der Waals surface area contributed by atoms with Gasteiger partial charge in [0.1, 0.15) is 6.26 Å². The van der Waals surface area contributed by atoms with Crippen molar-refractivity contribution in [3.63, 3.8) is 0 Å². The monoisotopic (exact) mass is 326 g/mol. The molecule has 1 N–H and O–H groups in total. The van der Waals surface area contributed by atoms with Crippen molar-refractivity contribution in [2.75, 3.05) is 6.54 Å². The second-order valence-electron chi connectivity index (χ2n) is 5.88. The molecule has 1 aromatic carbocycles. The van der Waals surface area contributed by atoms with E-state index in [1.165, 1.54) is 23.1 Å². The van der Waals surface area contributed by atoms with Gasteiger partial charge in [-0.3, -0.25) is 4.68 Å². The molecule has 1 aliphatic rings. The van der Waals surface area contributed by atoms with Crippen LogP contribution < -0.4 is 5.32 Å². The molecule has 1 aliphatic heterocycles. The number of benzene rings is 1. The van der Waals surface area contributed by atoms with E-state index in [9.17, 15) is 0 Å². The Morgan fingerprint density at radius 3 is 2.46 bits per heavy atom. The Balaban J connectivity index is 0.000000139. The number of nitrogens with one attached hydrogen (secondary N) is 1. The molecule has 5 heteroatoms. The van der Waals surface area contributed by atoms with Crippen molar-refractivity contribution in [1.29, 1.82) is 0 Å². The van der Waals surface area contributed by atoms with E-state index in [-0.39, 0.29) is 0 Å². The van der Waals surface area contributed by atoms with Crippen LogP contribution in [0.3, 0.4) is 0 Å². The normalized spacial score (nSPS) is 12.3. The van der Waals surface area contributed by atoms with Gasteiger partial charge in [-0.25, -0.2) is 4.98 Å². The fourth-order valence-corrected chi connectivity index (χ4v) is 2.44. The summed E-state index contributed by atoms with van der Waals surface area (Å²) in [6.07, 6.45) is 6.29. The van der Waals surface area contributed by atoms with E-state index in [4.69, 9.17) is 4.42 Å². The molecule has 0 spiro atoms. The highest BCUT2D eigenvalue weighted by Gasteiger charge is 2.06. The SMILES string of the molecule is Cc1ccc2c(c1)CNCC2.Cc1ccn(C)n1.Cc1ncco1. The predicted octanol–water partition coefficient (Wildman–Crippen LogP) is 3.35. The lowest BCUT2D eigenvalue weighted by atomic mass is 9.99. The van der Waals surface area contributed by atoms with Crippen LogP contribution in [0.5, 0.6) is 0 Å². The maximum Gasteiger partial charge on any atom is 0.190 e. The summed E-state index contributed by atoms with van der Waals surface area (Å²) >= 11 is 0. The standard InChI is InChI=1S/C10H13N.C5H8N2.C4H5NO/c1-8-2-3-9-4-5-11-7-10(9)6-8;1-5-3-4-7(2)6-5;1-4-5-2-3-6-4/h2-3,6,11H,4-5,7H2,1H3;3-4H,1-2H3;2-3H,1H3. The number of aryl methyl sites for hydroxylation is 4. The molecule has 3 aromatic rings. The number of hydrogen-bond acceptors (Lipinski definition) is 4. The van der Waals surface area contributed by atoms with Crippen LogP contribution in [-0.4, -0.2) is 21.3 Å². The predicted molar refractivity (Wildman–Crippen MR) is 95.8 cm³/mol. The van der Waals surface area contributed by atoms with Gasteiger partial charge in [-0.1, -0.05) is 23.8 Å². The van der Waals surface area contributed by atoms with E-state index < -0.39 is 0 Å². The Labute approximate surface area is 143 Å². The van der Waals surface area contributed by atoms with Gasteiger partial charge in [-0.15, -0.1) is 0 Å². The molecule has 0 saturated heterocycles. The highest BCUT2D eigenvalue weighted by molar-refractivity contribution is 5.32. The zero-order chi connectivity index (χ0) is 17.4. The van der Waals surface area contributed by atoms with Gasteiger partial charge in [0, 0.05) is 26.7 Å². The zero-order valence-electron chi connectivity index (χ0n) is 14.9. The quantitative estimate of drug-likeness (QED) is 0.688. The van der Waals surface area contributed by atoms with Crippen LogP contribution in [0.1, 0.15) is 28.3 Å². The minimum absolute atomic E-state index is 0.718. The third-order valence-corrected chi connectivity index (χ3v) is 3.65. The van der Waals surface area contributed by atoms with Gasteiger partial charge in [0.05, 0.1) is 11.9 Å². The Bertz CT molecular complexity index is 715. The van der Waals surface area contributed by atoms with Crippen molar-refractivity contribution in [2.24, 2.45) is 7.05 Å². The molecule has 5 nitrogen and oxygen atoms in total. The summed E-state index contributed by atoms with van der Waals surface area (Å²) in [6.45, 7) is 8.11. The number of hydrogen-bond donors (Lipinski definition) is 1. The smallest absolute Gasteiger partial charge is 0.190 e. The molecule has 0 fully saturated rings. The summed E-state index contributed by atoms with van der Waals surface area (Å²) in [7, 11) is 1.91. The van der Waals surface area contributed by atoms with Crippen LogP contribution in [0.15, 0.2) is 47.3 Å². The molecule has 24 heavy (non-hydrogen) atoms. The van der Waals surface area contributed by atoms with E-state index in [1.54, 1.807) is 24.1 Å². The van der Waals surface area contributed by atoms with Crippen molar-refractivity contribution in [2.45, 2.75) is 33.7 Å². The molecule has 0 atom stereocenters. The Kier molecular flexibility index (Phi) is 6.75. The summed E-state index contributed by atoms with van der Waals surface area (Å²) in [4.78, 5) is 3.75. The van der Waals surface area contributed by atoms with Crippen LogP contribution in [0, 0.1) is 20.8 Å². The molecular weight excluding hydrogens is 300 g/mol. The summed E-state index contributed by atoms with van der Waals surface area (Å²) in [5.74, 6) is 0.718. The fourth-order valence-electron chi connectivity index (χ4n) is 2.44. The van der Waals surface area contributed by atoms with Crippen molar-refractivity contribution >= 4 is 0 Å². The van der Waals surface area contributed by atoms with Gasteiger partial charge in [0.25, 0.3) is 0 Å². The summed E-state index contributed by atoms with van der Waals surface area (Å²) in [5, 5.41) is 7.40. The first kappa shape index (κ1) is 17.9. The number of rotatable bonds is 0. The van der Waals surface area contributed by atoms with Gasteiger partial charge in [0.2, 0.25) is 0 Å². The molecule has 4 rings (SSSR count). The van der Waals surface area contributed by atoms with Crippen LogP contribution in [0.25, 0.3) is 0 Å². The maximum absolute atomic E-state index is 4.72. The first-order chi connectivity index (χ1) is 11.5. The third kappa shape index (κ3) is 6.01. The van der Waals surface area contributed by atoms with E-state index >= 15 is 0 Å². The average Bonchev–Trinajstić information content (AvgIpc) is 3.19. The lowest BCUT2D eigenvalue weighted by molar-refractivity contribution is 0.521.